The Morgan fingerprint density at radius 2 is 2.31 bits per heavy atom. The Morgan fingerprint density at radius 1 is 1.56 bits per heavy atom. The number of hydrogen-bond donors (Lipinski definition) is 0. The lowest BCUT2D eigenvalue weighted by Gasteiger charge is -2.07. The summed E-state index contributed by atoms with van der Waals surface area (Å²) in [5, 5.41) is 0. The number of carbonyl (C=O) groups excluding carboxylic acids is 2. The van der Waals surface area contributed by atoms with Crippen LogP contribution in [0.25, 0.3) is 0 Å². The van der Waals surface area contributed by atoms with Gasteiger partial charge >= 0.3 is 5.97 Å². The van der Waals surface area contributed by atoms with Crippen LogP contribution in [0.1, 0.15) is 12.5 Å². The molecule has 1 aromatic heterocycles. The largest absolute Gasteiger partial charge is 0.460 e. The van der Waals surface area contributed by atoms with E-state index in [4.69, 9.17) is 0 Å². The number of nitrogens with zero attached hydrogens (tertiary/aromatic N) is 1. The van der Waals surface area contributed by atoms with Crippen molar-refractivity contribution in [1.82, 2.24) is 4.98 Å². The first-order chi connectivity index (χ1) is 7.65. The van der Waals surface area contributed by atoms with E-state index in [9.17, 15) is 9.59 Å². The van der Waals surface area contributed by atoms with Crippen LogP contribution in [-0.4, -0.2) is 28.2 Å². The molecule has 0 amide bonds. The minimum absolute atomic E-state index is 0.206. The van der Waals surface area contributed by atoms with Gasteiger partial charge in [-0.1, -0.05) is 22.0 Å². The summed E-state index contributed by atoms with van der Waals surface area (Å²) in [4.78, 5) is 26.0. The van der Waals surface area contributed by atoms with E-state index in [0.29, 0.717) is 6.42 Å². The van der Waals surface area contributed by atoms with Crippen LogP contribution >= 0.6 is 15.9 Å². The summed E-state index contributed by atoms with van der Waals surface area (Å²) >= 11 is 3.17. The second-order valence-electron chi connectivity index (χ2n) is 3.12. The average Bonchev–Trinajstić information content (AvgIpc) is 2.29. The summed E-state index contributed by atoms with van der Waals surface area (Å²) in [6.45, 7) is 1.87. The van der Waals surface area contributed by atoms with E-state index in [1.807, 2.05) is 6.07 Å². The molecule has 0 N–H and O–H groups in total. The molecule has 16 heavy (non-hydrogen) atoms. The predicted molar refractivity (Wildman–Crippen MR) is 62.3 cm³/mol. The number of pyridine rings is 1. The minimum atomic E-state index is -0.798. The number of esters is 1. The van der Waals surface area contributed by atoms with Gasteiger partial charge in [-0.15, -0.1) is 0 Å². The Labute approximate surface area is 102 Å². The van der Waals surface area contributed by atoms with E-state index >= 15 is 0 Å². The fourth-order valence-corrected chi connectivity index (χ4v) is 1.71. The molecule has 0 saturated heterocycles. The van der Waals surface area contributed by atoms with Gasteiger partial charge in [0.25, 0.3) is 5.78 Å². The molecule has 0 radical (unpaired) electrons. The van der Waals surface area contributed by atoms with Crippen molar-refractivity contribution in [3.8, 4) is 0 Å². The zero-order valence-electron chi connectivity index (χ0n) is 8.85. The van der Waals surface area contributed by atoms with Gasteiger partial charge in [-0.2, -0.15) is 0 Å². The predicted octanol–water partition coefficient (Wildman–Crippen LogP) is 1.52. The van der Waals surface area contributed by atoms with Crippen LogP contribution in [0.3, 0.4) is 0 Å². The Balaban J connectivity index is 2.55. The quantitative estimate of drug-likeness (QED) is 0.468. The maximum Gasteiger partial charge on any atom is 0.375 e. The van der Waals surface area contributed by atoms with E-state index in [2.05, 4.69) is 25.7 Å². The van der Waals surface area contributed by atoms with Crippen LogP contribution in [-0.2, 0) is 20.7 Å². The molecule has 1 rings (SSSR count). The molecule has 0 fully saturated rings. The summed E-state index contributed by atoms with van der Waals surface area (Å²) in [5.74, 6) is -1.36. The lowest BCUT2D eigenvalue weighted by Crippen LogP contribution is -2.27. The number of Topliss-reactive ketones (excluding diaryl/α,β-unsaturated/α-hetero) is 1. The van der Waals surface area contributed by atoms with Crippen LogP contribution in [0.5, 0.6) is 0 Å². The Bertz CT molecular complexity index is 367. The second-order valence-corrected chi connectivity index (χ2v) is 4.22. The van der Waals surface area contributed by atoms with Crippen LogP contribution in [0.2, 0.25) is 0 Å². The van der Waals surface area contributed by atoms with Gasteiger partial charge in [0, 0.05) is 12.4 Å². The zero-order chi connectivity index (χ0) is 12.0. The molecule has 0 aliphatic rings. The third kappa shape index (κ3) is 3.73. The minimum Gasteiger partial charge on any atom is -0.460 e. The fraction of sp³-hybridized carbons (Fsp3) is 0.364. The first-order valence-corrected chi connectivity index (χ1v) is 5.80. The molecule has 0 aliphatic carbocycles. The summed E-state index contributed by atoms with van der Waals surface area (Å²) in [6.07, 6.45) is 3.73. The van der Waals surface area contributed by atoms with Gasteiger partial charge in [-0.3, -0.25) is 9.78 Å². The number of alkyl halides is 1. The van der Waals surface area contributed by atoms with Crippen LogP contribution in [0.15, 0.2) is 24.5 Å². The van der Waals surface area contributed by atoms with E-state index in [-0.39, 0.29) is 6.61 Å². The van der Waals surface area contributed by atoms with E-state index in [1.54, 1.807) is 25.4 Å². The average molecular weight is 286 g/mol. The van der Waals surface area contributed by atoms with E-state index in [0.717, 1.165) is 5.56 Å². The maximum absolute atomic E-state index is 11.5. The van der Waals surface area contributed by atoms with Gasteiger partial charge in [-0.05, 0) is 25.0 Å². The van der Waals surface area contributed by atoms with Crippen molar-refractivity contribution in [3.63, 3.8) is 0 Å². The van der Waals surface area contributed by atoms with E-state index in [1.165, 1.54) is 0 Å². The molecule has 0 saturated carbocycles. The third-order valence-corrected chi connectivity index (χ3v) is 2.64. The first kappa shape index (κ1) is 12.8. The molecular formula is C11H12BrNO3. The number of aromatic nitrogens is 1. The lowest BCUT2D eigenvalue weighted by atomic mass is 10.1. The fourth-order valence-electron chi connectivity index (χ4n) is 1.15. The highest BCUT2D eigenvalue weighted by atomic mass is 79.9. The summed E-state index contributed by atoms with van der Waals surface area (Å²) < 4.78 is 4.63. The molecule has 0 bridgehead atoms. The van der Waals surface area contributed by atoms with Crippen molar-refractivity contribution >= 4 is 27.7 Å². The van der Waals surface area contributed by atoms with Crippen molar-refractivity contribution in [3.05, 3.63) is 30.1 Å². The first-order valence-electron chi connectivity index (χ1n) is 4.89. The van der Waals surface area contributed by atoms with Crippen molar-refractivity contribution < 1.29 is 14.3 Å². The van der Waals surface area contributed by atoms with Crippen molar-refractivity contribution in [1.29, 1.82) is 0 Å². The van der Waals surface area contributed by atoms with Gasteiger partial charge in [0.2, 0.25) is 0 Å². The summed E-state index contributed by atoms with van der Waals surface area (Å²) in [7, 11) is 0. The highest BCUT2D eigenvalue weighted by Gasteiger charge is 2.24. The van der Waals surface area contributed by atoms with Crippen molar-refractivity contribution in [2.45, 2.75) is 18.2 Å². The van der Waals surface area contributed by atoms with Gasteiger partial charge in [0.1, 0.15) is 0 Å². The van der Waals surface area contributed by atoms with Gasteiger partial charge in [0.15, 0.2) is 0 Å². The normalized spacial score (nSPS) is 11.9. The molecule has 86 valence electrons. The van der Waals surface area contributed by atoms with Crippen LogP contribution < -0.4 is 0 Å². The number of hydrogen-bond acceptors (Lipinski definition) is 4. The molecule has 1 aromatic rings. The third-order valence-electron chi connectivity index (χ3n) is 1.90. The second kappa shape index (κ2) is 6.37. The van der Waals surface area contributed by atoms with Gasteiger partial charge in [-0.25, -0.2) is 4.79 Å². The highest BCUT2D eigenvalue weighted by Crippen LogP contribution is 2.10. The monoisotopic (exact) mass is 285 g/mol. The summed E-state index contributed by atoms with van der Waals surface area (Å²) in [6, 6.07) is 3.63. The van der Waals surface area contributed by atoms with Crippen LogP contribution in [0, 0.1) is 0 Å². The maximum atomic E-state index is 11.5. The van der Waals surface area contributed by atoms with Gasteiger partial charge < -0.3 is 4.74 Å². The lowest BCUT2D eigenvalue weighted by molar-refractivity contribution is -0.153. The topological polar surface area (TPSA) is 56.3 Å². The smallest absolute Gasteiger partial charge is 0.375 e. The Kier molecular flexibility index (Phi) is 5.11. The van der Waals surface area contributed by atoms with Gasteiger partial charge in [0.05, 0.1) is 11.4 Å². The molecular weight excluding hydrogens is 274 g/mol. The number of ether oxygens (including phenoxy) is 1. The Hall–Kier alpha value is -1.23. The Morgan fingerprint density at radius 3 is 2.88 bits per heavy atom. The molecule has 4 nitrogen and oxygen atoms in total. The molecule has 1 unspecified atom stereocenters. The summed E-state index contributed by atoms with van der Waals surface area (Å²) in [5.41, 5.74) is 0.891. The zero-order valence-corrected chi connectivity index (χ0v) is 10.4. The number of carbonyl (C=O) groups is 2. The van der Waals surface area contributed by atoms with Crippen molar-refractivity contribution in [2.24, 2.45) is 0 Å². The van der Waals surface area contributed by atoms with E-state index < -0.39 is 16.6 Å². The number of halogens is 1. The van der Waals surface area contributed by atoms with Crippen molar-refractivity contribution in [2.75, 3.05) is 6.61 Å². The molecule has 1 heterocycles. The number of ketones is 1. The SMILES string of the molecule is CCOC(=O)C(=O)C(Br)Cc1cccnc1. The molecule has 0 spiro atoms. The molecule has 1 atom stereocenters. The van der Waals surface area contributed by atoms with Crippen LogP contribution in [0.4, 0.5) is 0 Å². The molecule has 5 heteroatoms. The molecule has 0 aromatic carbocycles. The molecule has 0 aliphatic heterocycles. The number of rotatable bonds is 5. The highest BCUT2D eigenvalue weighted by molar-refractivity contribution is 9.10. The standard InChI is InChI=1S/C11H12BrNO3/c1-2-16-11(15)10(14)9(12)6-8-4-3-5-13-7-8/h3-5,7,9H,2,6H2,1H3.